The molecule has 3 heterocycles. The topological polar surface area (TPSA) is 74.6 Å². The predicted octanol–water partition coefficient (Wildman–Crippen LogP) is 3.33. The van der Waals surface area contributed by atoms with Gasteiger partial charge in [0.05, 0.1) is 15.6 Å². The highest BCUT2D eigenvalue weighted by Gasteiger charge is 2.28. The van der Waals surface area contributed by atoms with E-state index in [1.54, 1.807) is 0 Å². The molecular weight excluding hydrogens is 424 g/mol. The Kier molecular flexibility index (Phi) is 6.20. The van der Waals surface area contributed by atoms with Crippen molar-refractivity contribution in [3.63, 3.8) is 0 Å². The summed E-state index contributed by atoms with van der Waals surface area (Å²) in [5, 5.41) is 3.12. The molecular formula is C21H27ClN4O3S. The minimum absolute atomic E-state index is 0.162. The lowest BCUT2D eigenvalue weighted by Gasteiger charge is -2.34. The smallest absolute Gasteiger partial charge is 0.243 e. The number of hydrogen-bond acceptors (Lipinski definition) is 4. The molecule has 0 spiro atoms. The average molecular weight is 451 g/mol. The second-order valence-corrected chi connectivity index (χ2v) is 10.2. The van der Waals surface area contributed by atoms with Crippen LogP contribution in [-0.2, 0) is 21.4 Å². The maximum absolute atomic E-state index is 12.8. The van der Waals surface area contributed by atoms with Crippen LogP contribution in [-0.4, -0.2) is 54.3 Å². The first-order valence-electron chi connectivity index (χ1n) is 10.3. The fourth-order valence-electron chi connectivity index (χ4n) is 4.23. The van der Waals surface area contributed by atoms with Crippen LogP contribution in [0.15, 0.2) is 41.4 Å². The molecule has 1 aromatic heterocycles. The lowest BCUT2D eigenvalue weighted by Crippen LogP contribution is -2.38. The van der Waals surface area contributed by atoms with Crippen molar-refractivity contribution < 1.29 is 13.2 Å². The molecule has 9 heteroatoms. The van der Waals surface area contributed by atoms with E-state index in [1.807, 2.05) is 6.07 Å². The molecule has 1 saturated heterocycles. The second kappa shape index (κ2) is 8.70. The van der Waals surface area contributed by atoms with E-state index in [0.29, 0.717) is 36.8 Å². The van der Waals surface area contributed by atoms with Crippen LogP contribution in [0.2, 0.25) is 5.02 Å². The molecule has 1 aromatic carbocycles. The lowest BCUT2D eigenvalue weighted by molar-refractivity contribution is -0.116. The Hall–Kier alpha value is -1.87. The number of sulfonamides is 1. The third kappa shape index (κ3) is 4.27. The fraction of sp³-hybridized carbons (Fsp3) is 0.476. The SMILES string of the molecule is CC1c2cccn2CCN1CCC(=O)Nc1cc(S(=O)(=O)N2CCCC2)ccc1Cl. The molecule has 2 aliphatic heterocycles. The number of carbonyl (C=O) groups is 1. The molecule has 2 aliphatic rings. The Morgan fingerprint density at radius 3 is 2.70 bits per heavy atom. The number of anilines is 1. The molecule has 1 N–H and O–H groups in total. The van der Waals surface area contributed by atoms with E-state index < -0.39 is 10.0 Å². The van der Waals surface area contributed by atoms with Gasteiger partial charge in [-0.2, -0.15) is 4.31 Å². The Balaban J connectivity index is 1.40. The third-order valence-electron chi connectivity index (χ3n) is 6.01. The molecule has 1 unspecified atom stereocenters. The monoisotopic (exact) mass is 450 g/mol. The van der Waals surface area contributed by atoms with E-state index >= 15 is 0 Å². The van der Waals surface area contributed by atoms with Gasteiger partial charge in [-0.1, -0.05) is 11.6 Å². The quantitative estimate of drug-likeness (QED) is 0.732. The predicted molar refractivity (Wildman–Crippen MR) is 117 cm³/mol. The zero-order chi connectivity index (χ0) is 21.3. The van der Waals surface area contributed by atoms with E-state index in [-0.39, 0.29) is 16.8 Å². The number of carbonyl (C=O) groups excluding carboxylic acids is 1. The number of hydrogen-bond donors (Lipinski definition) is 1. The zero-order valence-corrected chi connectivity index (χ0v) is 18.6. The van der Waals surface area contributed by atoms with E-state index in [9.17, 15) is 13.2 Å². The van der Waals surface area contributed by atoms with Crippen LogP contribution in [0.4, 0.5) is 5.69 Å². The maximum atomic E-state index is 12.8. The number of nitrogens with zero attached hydrogens (tertiary/aromatic N) is 3. The molecule has 7 nitrogen and oxygen atoms in total. The summed E-state index contributed by atoms with van der Waals surface area (Å²) in [6, 6.07) is 8.90. The van der Waals surface area contributed by atoms with Crippen molar-refractivity contribution in [3.8, 4) is 0 Å². The molecule has 0 saturated carbocycles. The van der Waals surface area contributed by atoms with Crippen LogP contribution in [0.25, 0.3) is 0 Å². The van der Waals surface area contributed by atoms with Gasteiger partial charge in [0.1, 0.15) is 0 Å². The minimum Gasteiger partial charge on any atom is -0.349 e. The van der Waals surface area contributed by atoms with Crippen molar-refractivity contribution in [2.24, 2.45) is 0 Å². The van der Waals surface area contributed by atoms with E-state index in [2.05, 4.69) is 34.0 Å². The van der Waals surface area contributed by atoms with Gasteiger partial charge >= 0.3 is 0 Å². The Morgan fingerprint density at radius 1 is 1.17 bits per heavy atom. The fourth-order valence-corrected chi connectivity index (χ4v) is 5.94. The lowest BCUT2D eigenvalue weighted by atomic mass is 10.1. The molecule has 0 aliphatic carbocycles. The molecule has 2 aromatic rings. The Labute approximate surface area is 182 Å². The number of aromatic nitrogens is 1. The molecule has 30 heavy (non-hydrogen) atoms. The van der Waals surface area contributed by atoms with Crippen LogP contribution in [0, 0.1) is 0 Å². The molecule has 4 rings (SSSR count). The highest BCUT2D eigenvalue weighted by atomic mass is 35.5. The first-order chi connectivity index (χ1) is 14.4. The van der Waals surface area contributed by atoms with Gasteiger partial charge in [-0.3, -0.25) is 9.69 Å². The normalized spacial score (nSPS) is 20.3. The molecule has 1 fully saturated rings. The third-order valence-corrected chi connectivity index (χ3v) is 8.23. The highest BCUT2D eigenvalue weighted by molar-refractivity contribution is 7.89. The molecule has 0 bridgehead atoms. The Bertz CT molecular complexity index is 1030. The van der Waals surface area contributed by atoms with Gasteiger partial charge in [0, 0.05) is 57.1 Å². The first-order valence-corrected chi connectivity index (χ1v) is 12.2. The summed E-state index contributed by atoms with van der Waals surface area (Å²) in [5.41, 5.74) is 1.59. The van der Waals surface area contributed by atoms with Gasteiger partial charge in [0.25, 0.3) is 0 Å². The van der Waals surface area contributed by atoms with Gasteiger partial charge < -0.3 is 9.88 Å². The molecule has 1 amide bonds. The molecule has 1 atom stereocenters. The summed E-state index contributed by atoms with van der Waals surface area (Å²) in [7, 11) is -3.56. The van der Waals surface area contributed by atoms with Gasteiger partial charge in [-0.15, -0.1) is 0 Å². The summed E-state index contributed by atoms with van der Waals surface area (Å²) < 4.78 is 29.3. The van der Waals surface area contributed by atoms with Crippen LogP contribution in [0.3, 0.4) is 0 Å². The standard InChI is InChI=1S/C21H27ClN4O3S/c1-16-20-5-4-9-25(20)14-13-24(16)12-8-21(27)23-19-15-17(6-7-18(19)22)30(28,29)26-10-2-3-11-26/h4-7,9,15-16H,2-3,8,10-14H2,1H3,(H,23,27). The average Bonchev–Trinajstić information content (AvgIpc) is 3.41. The number of fused-ring (bicyclic) bond motifs is 1. The maximum Gasteiger partial charge on any atom is 0.243 e. The zero-order valence-electron chi connectivity index (χ0n) is 17.1. The van der Waals surface area contributed by atoms with Crippen molar-refractivity contribution in [2.45, 2.75) is 43.7 Å². The van der Waals surface area contributed by atoms with Crippen LogP contribution >= 0.6 is 11.6 Å². The molecule has 162 valence electrons. The number of halogens is 1. The van der Waals surface area contributed by atoms with Crippen LogP contribution in [0.5, 0.6) is 0 Å². The van der Waals surface area contributed by atoms with Crippen LogP contribution < -0.4 is 5.32 Å². The van der Waals surface area contributed by atoms with E-state index in [1.165, 1.54) is 28.2 Å². The number of nitrogens with one attached hydrogen (secondary N) is 1. The van der Waals surface area contributed by atoms with E-state index in [4.69, 9.17) is 11.6 Å². The number of rotatable bonds is 6. The van der Waals surface area contributed by atoms with Crippen LogP contribution in [0.1, 0.15) is 37.9 Å². The van der Waals surface area contributed by atoms with Gasteiger partial charge in [0.15, 0.2) is 0 Å². The summed E-state index contributed by atoms with van der Waals surface area (Å²) >= 11 is 6.23. The first kappa shape index (κ1) is 21.4. The largest absolute Gasteiger partial charge is 0.349 e. The van der Waals surface area contributed by atoms with Gasteiger partial charge in [-0.25, -0.2) is 8.42 Å². The van der Waals surface area contributed by atoms with Gasteiger partial charge in [0.2, 0.25) is 15.9 Å². The minimum atomic E-state index is -3.56. The van der Waals surface area contributed by atoms with Gasteiger partial charge in [-0.05, 0) is 50.1 Å². The Morgan fingerprint density at radius 2 is 1.93 bits per heavy atom. The molecule has 0 radical (unpaired) electrons. The summed E-state index contributed by atoms with van der Waals surface area (Å²) in [6.07, 6.45) is 4.14. The van der Waals surface area contributed by atoms with Crippen molar-refractivity contribution >= 4 is 33.2 Å². The van der Waals surface area contributed by atoms with Crippen molar-refractivity contribution in [1.82, 2.24) is 13.8 Å². The van der Waals surface area contributed by atoms with Crippen molar-refractivity contribution in [2.75, 3.05) is 31.5 Å². The summed E-state index contributed by atoms with van der Waals surface area (Å²) in [5.74, 6) is -0.180. The van der Waals surface area contributed by atoms with Crippen molar-refractivity contribution in [3.05, 3.63) is 47.2 Å². The number of benzene rings is 1. The summed E-state index contributed by atoms with van der Waals surface area (Å²) in [6.45, 7) is 5.64. The van der Waals surface area contributed by atoms with Crippen molar-refractivity contribution in [1.29, 1.82) is 0 Å². The second-order valence-electron chi connectivity index (χ2n) is 7.89. The summed E-state index contributed by atoms with van der Waals surface area (Å²) in [4.78, 5) is 15.0. The van der Waals surface area contributed by atoms with E-state index in [0.717, 1.165) is 25.9 Å². The highest BCUT2D eigenvalue weighted by Crippen LogP contribution is 2.29. The number of amides is 1.